The molecule has 2 N–H and O–H groups in total. The molecule has 0 bridgehead atoms. The van der Waals surface area contributed by atoms with Crippen molar-refractivity contribution in [2.75, 3.05) is 17.7 Å². The first kappa shape index (κ1) is 13.5. The number of para-hydroxylation sites is 1. The van der Waals surface area contributed by atoms with Gasteiger partial charge in [0.05, 0.1) is 12.4 Å². The maximum atomic E-state index is 11.2. The van der Waals surface area contributed by atoms with E-state index in [0.717, 1.165) is 0 Å². The van der Waals surface area contributed by atoms with E-state index in [9.17, 15) is 13.2 Å². The molecule has 1 aromatic rings. The minimum absolute atomic E-state index is 0.0566. The lowest BCUT2D eigenvalue weighted by Crippen LogP contribution is -2.16. The zero-order valence-electron chi connectivity index (χ0n) is 9.00. The van der Waals surface area contributed by atoms with Crippen LogP contribution in [0, 0.1) is 0 Å². The smallest absolute Gasteiger partial charge is 0.411 e. The molecule has 94 valence electrons. The van der Waals surface area contributed by atoms with E-state index < -0.39 is 22.0 Å². The zero-order chi connectivity index (χ0) is 12.7. The molecule has 0 radical (unpaired) electrons. The second-order valence-corrected chi connectivity index (χ2v) is 4.84. The molecule has 0 aliphatic rings. The van der Waals surface area contributed by atoms with Crippen molar-refractivity contribution in [1.29, 1.82) is 0 Å². The van der Waals surface area contributed by atoms with Crippen molar-refractivity contribution >= 4 is 21.9 Å². The quantitative estimate of drug-likeness (QED) is 0.617. The minimum atomic E-state index is -3.99. The summed E-state index contributed by atoms with van der Waals surface area (Å²) in [7, 11) is -3.99. The number of amides is 1. The third kappa shape index (κ3) is 6.54. The molecule has 1 aromatic carbocycles. The van der Waals surface area contributed by atoms with Crippen molar-refractivity contribution in [1.82, 2.24) is 0 Å². The maximum Gasteiger partial charge on any atom is 0.411 e. The lowest BCUT2D eigenvalue weighted by Gasteiger charge is -2.05. The molecule has 0 atom stereocenters. The molecule has 0 spiro atoms. The van der Waals surface area contributed by atoms with Crippen LogP contribution in [-0.4, -0.2) is 31.4 Å². The third-order valence-electron chi connectivity index (χ3n) is 1.80. The van der Waals surface area contributed by atoms with E-state index in [2.05, 4.69) is 5.32 Å². The van der Waals surface area contributed by atoms with Crippen LogP contribution >= 0.6 is 0 Å². The fraction of sp³-hybridized carbons (Fsp3) is 0.300. The van der Waals surface area contributed by atoms with Crippen molar-refractivity contribution in [3.63, 3.8) is 0 Å². The van der Waals surface area contributed by atoms with E-state index in [1.165, 1.54) is 0 Å². The van der Waals surface area contributed by atoms with Crippen LogP contribution in [0.15, 0.2) is 30.3 Å². The van der Waals surface area contributed by atoms with Crippen LogP contribution < -0.4 is 5.32 Å². The Morgan fingerprint density at radius 2 is 1.94 bits per heavy atom. The highest BCUT2D eigenvalue weighted by atomic mass is 32.2. The Morgan fingerprint density at radius 3 is 2.53 bits per heavy atom. The number of benzene rings is 1. The average Bonchev–Trinajstić information content (AvgIpc) is 2.25. The number of hydrogen-bond acceptors (Lipinski definition) is 4. The van der Waals surface area contributed by atoms with Gasteiger partial charge >= 0.3 is 6.09 Å². The largest absolute Gasteiger partial charge is 0.449 e. The van der Waals surface area contributed by atoms with E-state index in [4.69, 9.17) is 9.29 Å². The first-order valence-electron chi connectivity index (χ1n) is 4.91. The number of nitrogens with one attached hydrogen (secondary N) is 1. The summed E-state index contributed by atoms with van der Waals surface area (Å²) in [5, 5.41) is 2.47. The Kier molecular flexibility index (Phi) is 4.92. The van der Waals surface area contributed by atoms with Gasteiger partial charge in [-0.25, -0.2) is 4.79 Å². The molecular formula is C10H13NO5S. The number of ether oxygens (including phenoxy) is 1. The third-order valence-corrected chi connectivity index (χ3v) is 2.60. The van der Waals surface area contributed by atoms with Crippen molar-refractivity contribution < 1.29 is 22.5 Å². The predicted molar refractivity (Wildman–Crippen MR) is 62.4 cm³/mol. The van der Waals surface area contributed by atoms with Gasteiger partial charge in [0, 0.05) is 5.69 Å². The Labute approximate surface area is 99.3 Å². The fourth-order valence-electron chi connectivity index (χ4n) is 1.08. The summed E-state index contributed by atoms with van der Waals surface area (Å²) in [4.78, 5) is 11.2. The van der Waals surface area contributed by atoms with Crippen LogP contribution in [0.2, 0.25) is 0 Å². The molecule has 6 nitrogen and oxygen atoms in total. The summed E-state index contributed by atoms with van der Waals surface area (Å²) < 4.78 is 33.9. The lowest BCUT2D eigenvalue weighted by atomic mass is 10.3. The van der Waals surface area contributed by atoms with Crippen LogP contribution in [0.25, 0.3) is 0 Å². The van der Waals surface area contributed by atoms with Gasteiger partial charge in [0.25, 0.3) is 10.1 Å². The van der Waals surface area contributed by atoms with E-state index in [0.29, 0.717) is 5.69 Å². The molecule has 0 unspecified atom stereocenters. The summed E-state index contributed by atoms with van der Waals surface area (Å²) in [6, 6.07) is 8.71. The van der Waals surface area contributed by atoms with Crippen molar-refractivity contribution in [2.45, 2.75) is 6.42 Å². The van der Waals surface area contributed by atoms with Gasteiger partial charge in [0.2, 0.25) is 0 Å². The van der Waals surface area contributed by atoms with Gasteiger partial charge in [-0.1, -0.05) is 18.2 Å². The fourth-order valence-corrected chi connectivity index (χ4v) is 1.56. The van der Waals surface area contributed by atoms with Crippen LogP contribution in [0.5, 0.6) is 0 Å². The van der Waals surface area contributed by atoms with Gasteiger partial charge in [0.15, 0.2) is 0 Å². The van der Waals surface area contributed by atoms with E-state index in [1.54, 1.807) is 24.3 Å². The molecule has 0 aliphatic heterocycles. The Hall–Kier alpha value is -1.60. The predicted octanol–water partition coefficient (Wildman–Crippen LogP) is 1.51. The highest BCUT2D eigenvalue weighted by molar-refractivity contribution is 7.85. The monoisotopic (exact) mass is 259 g/mol. The average molecular weight is 259 g/mol. The molecule has 0 saturated heterocycles. The lowest BCUT2D eigenvalue weighted by molar-refractivity contribution is 0.161. The highest BCUT2D eigenvalue weighted by Crippen LogP contribution is 2.05. The number of anilines is 1. The Balaban J connectivity index is 2.23. The summed E-state index contributed by atoms with van der Waals surface area (Å²) in [6.45, 7) is -0.0710. The number of hydrogen-bond donors (Lipinski definition) is 2. The molecule has 7 heteroatoms. The molecule has 0 saturated carbocycles. The summed E-state index contributed by atoms with van der Waals surface area (Å²) in [5.74, 6) is -0.425. The second kappa shape index (κ2) is 6.21. The summed E-state index contributed by atoms with van der Waals surface area (Å²) >= 11 is 0. The Bertz CT molecular complexity index is 457. The Morgan fingerprint density at radius 1 is 1.29 bits per heavy atom. The maximum absolute atomic E-state index is 11.2. The molecule has 0 aliphatic carbocycles. The van der Waals surface area contributed by atoms with Gasteiger partial charge in [-0.3, -0.25) is 9.87 Å². The number of rotatable bonds is 5. The molecule has 1 amide bonds. The normalized spacial score (nSPS) is 10.9. The minimum Gasteiger partial charge on any atom is -0.449 e. The molecule has 0 fully saturated rings. The van der Waals surface area contributed by atoms with Crippen molar-refractivity contribution in [3.05, 3.63) is 30.3 Å². The van der Waals surface area contributed by atoms with Crippen molar-refractivity contribution in [2.24, 2.45) is 0 Å². The number of carbonyl (C=O) groups is 1. The SMILES string of the molecule is O=C(Nc1ccccc1)OCCCS(=O)(=O)O. The van der Waals surface area contributed by atoms with E-state index in [-0.39, 0.29) is 13.0 Å². The zero-order valence-corrected chi connectivity index (χ0v) is 9.81. The first-order valence-corrected chi connectivity index (χ1v) is 6.52. The van der Waals surface area contributed by atoms with Crippen LogP contribution in [-0.2, 0) is 14.9 Å². The summed E-state index contributed by atoms with van der Waals surface area (Å²) in [5.41, 5.74) is 0.590. The molecule has 0 heterocycles. The van der Waals surface area contributed by atoms with Gasteiger partial charge < -0.3 is 4.74 Å². The van der Waals surface area contributed by atoms with Gasteiger partial charge in [0.1, 0.15) is 0 Å². The summed E-state index contributed by atoms with van der Waals surface area (Å²) in [6.07, 6.45) is -0.604. The van der Waals surface area contributed by atoms with Gasteiger partial charge in [-0.15, -0.1) is 0 Å². The molecule has 17 heavy (non-hydrogen) atoms. The van der Waals surface area contributed by atoms with E-state index in [1.807, 2.05) is 6.07 Å². The van der Waals surface area contributed by atoms with Crippen LogP contribution in [0.4, 0.5) is 10.5 Å². The van der Waals surface area contributed by atoms with Crippen LogP contribution in [0.1, 0.15) is 6.42 Å². The second-order valence-electron chi connectivity index (χ2n) is 3.27. The standard InChI is InChI=1S/C10H13NO5S/c12-10(11-9-5-2-1-3-6-9)16-7-4-8-17(13,14)15/h1-3,5-6H,4,7-8H2,(H,11,12)(H,13,14,15). The topological polar surface area (TPSA) is 92.7 Å². The van der Waals surface area contributed by atoms with E-state index >= 15 is 0 Å². The molecule has 0 aromatic heterocycles. The molecular weight excluding hydrogens is 246 g/mol. The van der Waals surface area contributed by atoms with Crippen molar-refractivity contribution in [3.8, 4) is 0 Å². The van der Waals surface area contributed by atoms with Gasteiger partial charge in [-0.2, -0.15) is 8.42 Å². The van der Waals surface area contributed by atoms with Crippen LogP contribution in [0.3, 0.4) is 0 Å². The number of carbonyl (C=O) groups excluding carboxylic acids is 1. The van der Waals surface area contributed by atoms with Gasteiger partial charge in [-0.05, 0) is 18.6 Å². The highest BCUT2D eigenvalue weighted by Gasteiger charge is 2.06. The first-order chi connectivity index (χ1) is 7.97. The molecule has 1 rings (SSSR count).